The second-order valence-electron chi connectivity index (χ2n) is 15.1. The number of rotatable bonds is 24. The van der Waals surface area contributed by atoms with Crippen molar-refractivity contribution in [2.45, 2.75) is 121 Å². The van der Waals surface area contributed by atoms with E-state index in [-0.39, 0.29) is 31.8 Å². The van der Waals surface area contributed by atoms with Crippen LogP contribution < -0.4 is 38.1 Å². The molecular weight excluding hydrogens is 775 g/mol. The molecule has 0 radical (unpaired) electrons. The van der Waals surface area contributed by atoms with Gasteiger partial charge in [0.2, 0.25) is 35.4 Å². The molecule has 1 fully saturated rings. The molecule has 0 aliphatic carbocycles. The van der Waals surface area contributed by atoms with Crippen LogP contribution in [0.25, 0.3) is 11.1 Å². The lowest BCUT2D eigenvalue weighted by atomic mass is 9.77. The van der Waals surface area contributed by atoms with E-state index < -0.39 is 85.2 Å². The average molecular weight is 837 g/mol. The number of carbonyl (C=O) groups is 7. The molecule has 0 saturated carbocycles. The molecule has 1 heterocycles. The Balaban J connectivity index is 1.56. The second-order valence-corrected chi connectivity index (χ2v) is 15.1. The molecule has 2 aromatic rings. The Morgan fingerprint density at radius 3 is 2.07 bits per heavy atom. The van der Waals surface area contributed by atoms with Crippen LogP contribution in [0.5, 0.6) is 0 Å². The normalized spacial score (nSPS) is 16.1. The zero-order valence-corrected chi connectivity index (χ0v) is 34.7. The number of benzene rings is 2. The molecule has 0 bridgehead atoms. The first-order valence-electron chi connectivity index (χ1n) is 20.6. The third-order valence-corrected chi connectivity index (χ3v) is 10.3. The molecular formula is C41H61BN8O10. The van der Waals surface area contributed by atoms with Crippen LogP contribution in [0.4, 0.5) is 0 Å². The molecule has 12 N–H and O–H groups in total. The molecule has 19 heteroatoms. The zero-order valence-electron chi connectivity index (χ0n) is 34.7. The summed E-state index contributed by atoms with van der Waals surface area (Å²) >= 11 is 0. The maximum Gasteiger partial charge on any atom is 0.475 e. The van der Waals surface area contributed by atoms with Gasteiger partial charge >= 0.3 is 7.12 Å². The lowest BCUT2D eigenvalue weighted by molar-refractivity contribution is -0.139. The van der Waals surface area contributed by atoms with Gasteiger partial charge in [0, 0.05) is 25.1 Å². The molecule has 1 aliphatic heterocycles. The smallest absolute Gasteiger partial charge is 0.426 e. The molecule has 328 valence electrons. The lowest BCUT2D eigenvalue weighted by Gasteiger charge is -2.29. The fourth-order valence-corrected chi connectivity index (χ4v) is 6.78. The molecule has 0 spiro atoms. The monoisotopic (exact) mass is 836 g/mol. The quantitative estimate of drug-likeness (QED) is 0.0460. The van der Waals surface area contributed by atoms with Crippen LogP contribution in [0.15, 0.2) is 48.5 Å². The summed E-state index contributed by atoms with van der Waals surface area (Å²) in [5.41, 5.74) is 14.6. The van der Waals surface area contributed by atoms with Gasteiger partial charge in [0.05, 0.1) is 18.5 Å². The topological polar surface area (TPSA) is 296 Å². The molecule has 1 aliphatic rings. The number of nitrogens with zero attached hydrogens (tertiary/aromatic N) is 1. The van der Waals surface area contributed by atoms with Crippen LogP contribution in [0.3, 0.4) is 0 Å². The molecule has 60 heavy (non-hydrogen) atoms. The summed E-state index contributed by atoms with van der Waals surface area (Å²) in [7, 11) is -1.84. The van der Waals surface area contributed by atoms with Crippen molar-refractivity contribution in [2.24, 2.45) is 11.5 Å². The molecule has 1 saturated heterocycles. The molecule has 1 unspecified atom stereocenters. The van der Waals surface area contributed by atoms with Gasteiger partial charge in [-0.25, -0.2) is 0 Å². The number of likely N-dealkylation sites (tertiary alicyclic amines) is 1. The maximum atomic E-state index is 13.5. The van der Waals surface area contributed by atoms with E-state index in [0.29, 0.717) is 37.8 Å². The molecule has 3 rings (SSSR count). The number of aryl methyl sites for hydroxylation is 1. The number of unbranched alkanes of at least 4 members (excludes halogenated alkanes) is 2. The minimum atomic E-state index is -1.84. The molecule has 6 atom stereocenters. The number of carbonyl (C=O) groups excluding carboxylic acids is 7. The minimum absolute atomic E-state index is 0.0324. The van der Waals surface area contributed by atoms with Crippen LogP contribution in [0, 0.1) is 0 Å². The largest absolute Gasteiger partial charge is 0.475 e. The second kappa shape index (κ2) is 24.7. The van der Waals surface area contributed by atoms with Crippen LogP contribution in [0.2, 0.25) is 0 Å². The summed E-state index contributed by atoms with van der Waals surface area (Å²) in [6, 6.07) is 9.88. The molecule has 18 nitrogen and oxygen atoms in total. The third kappa shape index (κ3) is 15.3. The summed E-state index contributed by atoms with van der Waals surface area (Å²) in [6.07, 6.45) is 2.92. The Morgan fingerprint density at radius 1 is 0.833 bits per heavy atom. The van der Waals surface area contributed by atoms with Gasteiger partial charge in [-0.15, -0.1) is 0 Å². The van der Waals surface area contributed by atoms with E-state index in [0.717, 1.165) is 35.3 Å². The molecule has 0 aromatic heterocycles. The fourth-order valence-electron chi connectivity index (χ4n) is 6.78. The third-order valence-electron chi connectivity index (χ3n) is 10.3. The van der Waals surface area contributed by atoms with Crippen molar-refractivity contribution < 1.29 is 48.7 Å². The lowest BCUT2D eigenvalue weighted by Crippen LogP contribution is -2.60. The Morgan fingerprint density at radius 2 is 1.48 bits per heavy atom. The number of hydrogen-bond donors (Lipinski definition) is 10. The predicted molar refractivity (Wildman–Crippen MR) is 224 cm³/mol. The van der Waals surface area contributed by atoms with Crippen molar-refractivity contribution in [3.63, 3.8) is 0 Å². The Labute approximate surface area is 351 Å². The zero-order chi connectivity index (χ0) is 44.4. The maximum absolute atomic E-state index is 13.5. The van der Waals surface area contributed by atoms with Crippen molar-refractivity contribution in [1.82, 2.24) is 31.5 Å². The Bertz CT molecular complexity index is 1760. The van der Waals surface area contributed by atoms with Crippen molar-refractivity contribution >= 4 is 48.5 Å². The van der Waals surface area contributed by atoms with Gasteiger partial charge in [0.25, 0.3) is 5.91 Å². The highest BCUT2D eigenvalue weighted by molar-refractivity contribution is 6.43. The molecule has 7 amide bonds. The highest BCUT2D eigenvalue weighted by atomic mass is 16.4. The summed E-state index contributed by atoms with van der Waals surface area (Å²) in [6.45, 7) is 5.12. The van der Waals surface area contributed by atoms with Crippen molar-refractivity contribution in [1.29, 1.82) is 0 Å². The first kappa shape index (κ1) is 49.0. The van der Waals surface area contributed by atoms with E-state index in [1.54, 1.807) is 12.1 Å². The van der Waals surface area contributed by atoms with Crippen LogP contribution >= 0.6 is 0 Å². The summed E-state index contributed by atoms with van der Waals surface area (Å²) < 4.78 is 0. The average Bonchev–Trinajstić information content (AvgIpc) is 3.72. The van der Waals surface area contributed by atoms with Gasteiger partial charge in [0.15, 0.2) is 0 Å². The van der Waals surface area contributed by atoms with E-state index in [1.807, 2.05) is 12.1 Å². The molecule has 2 aromatic carbocycles. The van der Waals surface area contributed by atoms with Gasteiger partial charge in [-0.2, -0.15) is 0 Å². The first-order valence-corrected chi connectivity index (χ1v) is 20.6. The first-order chi connectivity index (χ1) is 28.6. The minimum Gasteiger partial charge on any atom is -0.426 e. The van der Waals surface area contributed by atoms with Crippen LogP contribution in [-0.4, -0.2) is 124 Å². The van der Waals surface area contributed by atoms with Crippen LogP contribution in [0.1, 0.15) is 94.5 Å². The fraction of sp³-hybridized carbons (Fsp3) is 0.537. The Hall–Kier alpha value is -5.37. The van der Waals surface area contributed by atoms with Gasteiger partial charge in [-0.05, 0) is 94.2 Å². The van der Waals surface area contributed by atoms with Crippen molar-refractivity contribution in [3.05, 3.63) is 59.7 Å². The number of nitrogens with two attached hydrogens (primary N) is 2. The number of primary amides is 1. The van der Waals surface area contributed by atoms with Gasteiger partial charge in [0.1, 0.15) is 24.2 Å². The van der Waals surface area contributed by atoms with E-state index in [1.165, 1.54) is 19.4 Å². The van der Waals surface area contributed by atoms with Crippen molar-refractivity contribution in [3.8, 4) is 11.1 Å². The number of hydrogen-bond acceptors (Lipinski definition) is 11. The number of aliphatic hydroxyl groups excluding tert-OH is 1. The van der Waals surface area contributed by atoms with Crippen LogP contribution in [-0.2, 0) is 35.2 Å². The predicted octanol–water partition coefficient (Wildman–Crippen LogP) is -0.837. The van der Waals surface area contributed by atoms with Gasteiger partial charge in [-0.1, -0.05) is 49.7 Å². The van der Waals surface area contributed by atoms with E-state index in [9.17, 15) is 48.7 Å². The Kier molecular flexibility index (Phi) is 20.1. The standard InChI is InChI=1S/C41H61BN8O10/c1-4-5-9-27-12-14-28(15-13-27)29-16-18-30(19-17-29)38(55)45-22-20-35(53)47-31(10-6-7-21-43)39(56)49-36(26(3)51)40(57)46-25(2)37(54)48-32(24-34(44)52)41(58)50-23-8-11-33(50)42(59)60/h12-19,25-26,31-33,36,51,59-60H,4-11,20-24,43H2,1-3H3,(H2,44,52)(H,45,55)(H,46,57)(H,47,53)(H,48,54)(H,49,56)/t25-,26?,31-,32-,33-,36-/m0/s1. The van der Waals surface area contributed by atoms with E-state index in [2.05, 4.69) is 57.8 Å². The summed E-state index contributed by atoms with van der Waals surface area (Å²) in [4.78, 5) is 91.9. The number of nitrogens with one attached hydrogen (secondary N) is 5. The number of aliphatic hydroxyl groups is 1. The van der Waals surface area contributed by atoms with Gasteiger partial charge < -0.3 is 58.1 Å². The highest BCUT2D eigenvalue weighted by Gasteiger charge is 2.40. The summed E-state index contributed by atoms with van der Waals surface area (Å²) in [5.74, 6) is -6.23. The summed E-state index contributed by atoms with van der Waals surface area (Å²) in [5, 5.41) is 42.4. The van der Waals surface area contributed by atoms with E-state index >= 15 is 0 Å². The van der Waals surface area contributed by atoms with E-state index in [4.69, 9.17) is 11.5 Å². The van der Waals surface area contributed by atoms with Gasteiger partial charge in [-0.3, -0.25) is 33.6 Å². The SMILES string of the molecule is CCCCc1ccc(-c2ccc(C(=O)NCCC(=O)N[C@@H](CCCCN)C(=O)N[C@H](C(=O)N[C@@H](C)C(=O)N[C@@H](CC(N)=O)C(=O)N3CCC[C@H]3B(O)O)C(C)O)cc2)cc1. The van der Waals surface area contributed by atoms with Crippen molar-refractivity contribution in [2.75, 3.05) is 19.6 Å². The number of amides is 7. The highest BCUT2D eigenvalue weighted by Crippen LogP contribution is 2.22.